The predicted octanol–water partition coefficient (Wildman–Crippen LogP) is 2.81. The SMILES string of the molecule is CCCCCCCCCCCCC(O)CC(=O)OC(CC(=O)[O-])C[N+](C)(C)C. The summed E-state index contributed by atoms with van der Waals surface area (Å²) < 4.78 is 5.75. The van der Waals surface area contributed by atoms with Crippen LogP contribution in [0.1, 0.15) is 90.4 Å². The molecule has 2 unspecified atom stereocenters. The number of nitrogens with zero attached hydrogens (tertiary/aromatic N) is 1. The van der Waals surface area contributed by atoms with E-state index < -0.39 is 24.1 Å². The topological polar surface area (TPSA) is 86.7 Å². The lowest BCUT2D eigenvalue weighted by Gasteiger charge is -2.29. The van der Waals surface area contributed by atoms with Crippen LogP contribution in [0.2, 0.25) is 0 Å². The molecule has 166 valence electrons. The quantitative estimate of drug-likeness (QED) is 0.217. The lowest BCUT2D eigenvalue weighted by atomic mass is 10.0. The Morgan fingerprint density at radius 1 is 0.893 bits per heavy atom. The Morgan fingerprint density at radius 3 is 1.86 bits per heavy atom. The third kappa shape index (κ3) is 18.2. The summed E-state index contributed by atoms with van der Waals surface area (Å²) in [7, 11) is 5.70. The fourth-order valence-corrected chi connectivity index (χ4v) is 3.34. The van der Waals surface area contributed by atoms with Crippen molar-refractivity contribution in [2.75, 3.05) is 27.7 Å². The summed E-state index contributed by atoms with van der Waals surface area (Å²) in [5.41, 5.74) is 0. The Morgan fingerprint density at radius 2 is 1.39 bits per heavy atom. The first-order valence-corrected chi connectivity index (χ1v) is 11.0. The maximum Gasteiger partial charge on any atom is 0.308 e. The van der Waals surface area contributed by atoms with Crippen LogP contribution >= 0.6 is 0 Å². The van der Waals surface area contributed by atoms with Crippen molar-refractivity contribution in [1.82, 2.24) is 0 Å². The van der Waals surface area contributed by atoms with E-state index in [9.17, 15) is 19.8 Å². The van der Waals surface area contributed by atoms with Crippen LogP contribution in [-0.4, -0.2) is 61.4 Å². The molecule has 0 radical (unpaired) electrons. The number of likely N-dealkylation sites (N-methyl/N-ethyl adjacent to an activating group) is 1. The highest BCUT2D eigenvalue weighted by Gasteiger charge is 2.23. The van der Waals surface area contributed by atoms with Crippen LogP contribution in [-0.2, 0) is 14.3 Å². The monoisotopic (exact) mass is 401 g/mol. The summed E-state index contributed by atoms with van der Waals surface area (Å²) in [6.45, 7) is 2.61. The number of carboxylic acid groups (broad SMARTS) is 1. The van der Waals surface area contributed by atoms with Crippen molar-refractivity contribution in [3.05, 3.63) is 0 Å². The van der Waals surface area contributed by atoms with E-state index in [0.717, 1.165) is 12.8 Å². The van der Waals surface area contributed by atoms with Gasteiger partial charge in [0.15, 0.2) is 6.10 Å². The van der Waals surface area contributed by atoms with Gasteiger partial charge in [-0.3, -0.25) is 4.79 Å². The number of hydrogen-bond acceptors (Lipinski definition) is 5. The Balaban J connectivity index is 3.87. The van der Waals surface area contributed by atoms with E-state index in [0.29, 0.717) is 17.4 Å². The molecule has 0 aromatic rings. The van der Waals surface area contributed by atoms with Crippen molar-refractivity contribution in [3.63, 3.8) is 0 Å². The summed E-state index contributed by atoms with van der Waals surface area (Å²) in [5, 5.41) is 20.9. The lowest BCUT2D eigenvalue weighted by Crippen LogP contribution is -2.45. The highest BCUT2D eigenvalue weighted by atomic mass is 16.5. The van der Waals surface area contributed by atoms with Crippen molar-refractivity contribution in [1.29, 1.82) is 0 Å². The molecular formula is C22H43NO5. The molecule has 1 N–H and O–H groups in total. The smallest absolute Gasteiger partial charge is 0.308 e. The minimum Gasteiger partial charge on any atom is -0.550 e. The van der Waals surface area contributed by atoms with Gasteiger partial charge >= 0.3 is 5.97 Å². The van der Waals surface area contributed by atoms with Crippen LogP contribution in [0.3, 0.4) is 0 Å². The second kappa shape index (κ2) is 15.7. The average Bonchev–Trinajstić information content (AvgIpc) is 2.54. The van der Waals surface area contributed by atoms with Crippen molar-refractivity contribution < 1.29 is 29.0 Å². The zero-order valence-corrected chi connectivity index (χ0v) is 18.6. The van der Waals surface area contributed by atoms with Gasteiger partial charge in [0, 0.05) is 12.4 Å². The van der Waals surface area contributed by atoms with Gasteiger partial charge in [-0.25, -0.2) is 0 Å². The van der Waals surface area contributed by atoms with E-state index in [2.05, 4.69) is 6.92 Å². The zero-order chi connectivity index (χ0) is 21.4. The van der Waals surface area contributed by atoms with Gasteiger partial charge in [0.25, 0.3) is 0 Å². The number of ether oxygens (including phenoxy) is 1. The minimum absolute atomic E-state index is 0.0852. The summed E-state index contributed by atoms with van der Waals surface area (Å²) in [4.78, 5) is 22.9. The normalized spacial score (nSPS) is 13.9. The maximum absolute atomic E-state index is 12.0. The van der Waals surface area contributed by atoms with Crippen LogP contribution in [0.4, 0.5) is 0 Å². The number of aliphatic hydroxyl groups excluding tert-OH is 1. The molecule has 2 atom stereocenters. The molecule has 0 rings (SSSR count). The number of quaternary nitrogens is 1. The van der Waals surface area contributed by atoms with Gasteiger partial charge in [-0.05, 0) is 6.42 Å². The molecule has 0 aromatic carbocycles. The van der Waals surface area contributed by atoms with Gasteiger partial charge in [0.05, 0.1) is 33.7 Å². The van der Waals surface area contributed by atoms with Crippen molar-refractivity contribution in [2.45, 2.75) is 103 Å². The Bertz CT molecular complexity index is 420. The molecule has 6 heteroatoms. The fraction of sp³-hybridized carbons (Fsp3) is 0.909. The molecule has 6 nitrogen and oxygen atoms in total. The number of carbonyl (C=O) groups is 2. The molecule has 0 aromatic heterocycles. The number of esters is 1. The van der Waals surface area contributed by atoms with Crippen LogP contribution < -0.4 is 5.11 Å². The van der Waals surface area contributed by atoms with Gasteiger partial charge in [-0.15, -0.1) is 0 Å². The number of rotatable bonds is 18. The van der Waals surface area contributed by atoms with Gasteiger partial charge in [0.2, 0.25) is 0 Å². The molecule has 0 saturated carbocycles. The molecule has 0 amide bonds. The van der Waals surface area contributed by atoms with E-state index in [1.54, 1.807) is 0 Å². The summed E-state index contributed by atoms with van der Waals surface area (Å²) in [5.74, 6) is -1.78. The van der Waals surface area contributed by atoms with Crippen LogP contribution in [0.15, 0.2) is 0 Å². The lowest BCUT2D eigenvalue weighted by molar-refractivity contribution is -0.873. The van der Waals surface area contributed by atoms with E-state index in [1.165, 1.54) is 51.4 Å². The summed E-state index contributed by atoms with van der Waals surface area (Å²) >= 11 is 0. The van der Waals surface area contributed by atoms with Crippen LogP contribution in [0.25, 0.3) is 0 Å². The number of aliphatic hydroxyl groups is 1. The number of hydrogen-bond donors (Lipinski definition) is 1. The molecule has 0 aliphatic carbocycles. The summed E-state index contributed by atoms with van der Waals surface area (Å²) in [6, 6.07) is 0. The first kappa shape index (κ1) is 26.9. The predicted molar refractivity (Wildman–Crippen MR) is 109 cm³/mol. The molecule has 0 spiro atoms. The van der Waals surface area contributed by atoms with E-state index in [4.69, 9.17) is 4.74 Å². The second-order valence-electron chi connectivity index (χ2n) is 8.99. The van der Waals surface area contributed by atoms with Crippen LogP contribution in [0, 0.1) is 0 Å². The second-order valence-corrected chi connectivity index (χ2v) is 8.99. The Kier molecular flexibility index (Phi) is 15.1. The first-order chi connectivity index (χ1) is 13.1. The molecule has 28 heavy (non-hydrogen) atoms. The molecule has 0 fully saturated rings. The zero-order valence-electron chi connectivity index (χ0n) is 18.6. The van der Waals surface area contributed by atoms with Gasteiger partial charge in [-0.2, -0.15) is 0 Å². The fourth-order valence-electron chi connectivity index (χ4n) is 3.34. The Labute approximate surface area is 171 Å². The number of carboxylic acids is 1. The molecule has 0 bridgehead atoms. The molecule has 0 aliphatic heterocycles. The average molecular weight is 402 g/mol. The third-order valence-electron chi connectivity index (χ3n) is 4.74. The van der Waals surface area contributed by atoms with E-state index >= 15 is 0 Å². The van der Waals surface area contributed by atoms with Gasteiger partial charge < -0.3 is 24.2 Å². The standard InChI is InChI=1S/C22H43NO5/c1-5-6-7-8-9-10-11-12-13-14-15-19(24)16-22(27)28-20(17-21(25)26)18-23(2,3)4/h19-20,24H,5-18H2,1-4H3. The molecular weight excluding hydrogens is 358 g/mol. The largest absolute Gasteiger partial charge is 0.550 e. The highest BCUT2D eigenvalue weighted by Crippen LogP contribution is 2.14. The van der Waals surface area contributed by atoms with E-state index in [-0.39, 0.29) is 12.8 Å². The highest BCUT2D eigenvalue weighted by molar-refractivity contribution is 5.71. The Hall–Kier alpha value is -1.14. The number of carbonyl (C=O) groups excluding carboxylic acids is 2. The van der Waals surface area contributed by atoms with Crippen LogP contribution in [0.5, 0.6) is 0 Å². The first-order valence-electron chi connectivity index (χ1n) is 11.0. The van der Waals surface area contributed by atoms with E-state index in [1.807, 2.05) is 21.1 Å². The third-order valence-corrected chi connectivity index (χ3v) is 4.74. The molecule has 0 heterocycles. The summed E-state index contributed by atoms with van der Waals surface area (Å²) in [6.07, 6.45) is 11.0. The van der Waals surface area contributed by atoms with Crippen molar-refractivity contribution in [2.24, 2.45) is 0 Å². The van der Waals surface area contributed by atoms with Gasteiger partial charge in [0.1, 0.15) is 6.54 Å². The molecule has 0 aliphatic rings. The number of aliphatic carboxylic acids is 1. The van der Waals surface area contributed by atoms with Crippen molar-refractivity contribution >= 4 is 11.9 Å². The minimum atomic E-state index is -1.24. The van der Waals surface area contributed by atoms with Gasteiger partial charge in [-0.1, -0.05) is 71.1 Å². The molecule has 0 saturated heterocycles. The number of unbranched alkanes of at least 4 members (excludes halogenated alkanes) is 9. The van der Waals surface area contributed by atoms with Crippen molar-refractivity contribution in [3.8, 4) is 0 Å². The maximum atomic E-state index is 12.0.